The van der Waals surface area contributed by atoms with Crippen molar-refractivity contribution in [3.8, 4) is 11.6 Å². The maximum atomic E-state index is 9.48. The average Bonchev–Trinajstić information content (AvgIpc) is 3.34. The van der Waals surface area contributed by atoms with Crippen molar-refractivity contribution >= 4 is 51.1 Å². The highest BCUT2D eigenvalue weighted by atomic mass is 32.1. The SMILES string of the molecule is Cc1cc(Nc2ncnc3ccc(NC(=S)NC(C)(C)CO)cc23)ccc1Oc1cc2nncn2cn1. The first kappa shape index (κ1) is 24.3. The molecule has 0 radical (unpaired) electrons. The first-order valence-corrected chi connectivity index (χ1v) is 11.9. The monoisotopic (exact) mass is 515 g/mol. The summed E-state index contributed by atoms with van der Waals surface area (Å²) in [7, 11) is 0. The molecule has 0 atom stereocenters. The summed E-state index contributed by atoms with van der Waals surface area (Å²) in [4.78, 5) is 13.1. The molecule has 0 saturated carbocycles. The molecule has 5 aromatic rings. The first-order valence-electron chi connectivity index (χ1n) is 11.5. The van der Waals surface area contributed by atoms with E-state index in [1.165, 1.54) is 6.33 Å². The van der Waals surface area contributed by atoms with Crippen LogP contribution in [0.2, 0.25) is 0 Å². The van der Waals surface area contributed by atoms with E-state index in [0.29, 0.717) is 28.2 Å². The molecule has 0 aliphatic carbocycles. The van der Waals surface area contributed by atoms with Crippen LogP contribution in [0, 0.1) is 6.92 Å². The van der Waals surface area contributed by atoms with Gasteiger partial charge >= 0.3 is 0 Å². The quantitative estimate of drug-likeness (QED) is 0.235. The Hall–Kier alpha value is -4.42. The van der Waals surface area contributed by atoms with Crippen LogP contribution in [0.4, 0.5) is 17.2 Å². The minimum absolute atomic E-state index is 0.0502. The topological polar surface area (TPSA) is 134 Å². The van der Waals surface area contributed by atoms with Crippen molar-refractivity contribution in [2.75, 3.05) is 17.2 Å². The zero-order valence-electron chi connectivity index (χ0n) is 20.4. The second-order valence-corrected chi connectivity index (χ2v) is 9.51. The van der Waals surface area contributed by atoms with E-state index in [-0.39, 0.29) is 6.61 Å². The molecule has 0 fully saturated rings. The summed E-state index contributed by atoms with van der Waals surface area (Å²) in [5.74, 6) is 1.75. The van der Waals surface area contributed by atoms with Crippen LogP contribution in [0.15, 0.2) is 61.4 Å². The van der Waals surface area contributed by atoms with E-state index in [1.54, 1.807) is 23.1 Å². The van der Waals surface area contributed by atoms with Gasteiger partial charge in [-0.15, -0.1) is 10.2 Å². The number of nitrogens with zero attached hydrogens (tertiary/aromatic N) is 6. The normalized spacial score (nSPS) is 11.5. The summed E-state index contributed by atoms with van der Waals surface area (Å²) >= 11 is 5.40. The summed E-state index contributed by atoms with van der Waals surface area (Å²) < 4.78 is 7.68. The molecule has 4 N–H and O–H groups in total. The van der Waals surface area contributed by atoms with Crippen LogP contribution in [-0.2, 0) is 0 Å². The molecule has 3 aromatic heterocycles. The number of aryl methyl sites for hydroxylation is 1. The molecule has 12 heteroatoms. The van der Waals surface area contributed by atoms with E-state index in [0.717, 1.165) is 27.8 Å². The van der Waals surface area contributed by atoms with Crippen molar-refractivity contribution in [1.82, 2.24) is 34.9 Å². The highest BCUT2D eigenvalue weighted by Gasteiger charge is 2.17. The largest absolute Gasteiger partial charge is 0.439 e. The molecule has 188 valence electrons. The standard InChI is InChI=1S/C25H25N9O2S/c1-15-8-16(5-7-20(15)36-22-10-21-33-29-14-34(21)13-28-22)30-23-18-9-17(4-6-19(18)26-12-27-23)31-24(37)32-25(2,3)11-35/h4-10,12-14,35H,11H2,1-3H3,(H,26,27,30)(H2,31,32,37). The van der Waals surface area contributed by atoms with Crippen LogP contribution in [0.1, 0.15) is 19.4 Å². The fourth-order valence-electron chi connectivity index (χ4n) is 3.60. The molecule has 0 unspecified atom stereocenters. The Morgan fingerprint density at radius 2 is 1.89 bits per heavy atom. The molecule has 37 heavy (non-hydrogen) atoms. The third kappa shape index (κ3) is 5.55. The van der Waals surface area contributed by atoms with Crippen molar-refractivity contribution in [2.24, 2.45) is 0 Å². The molecule has 0 aliphatic rings. The summed E-state index contributed by atoms with van der Waals surface area (Å²) in [5.41, 5.74) is 3.42. The number of hydrogen-bond acceptors (Lipinski definition) is 9. The van der Waals surface area contributed by atoms with Crippen molar-refractivity contribution in [3.05, 3.63) is 67.0 Å². The number of benzene rings is 2. The van der Waals surface area contributed by atoms with Crippen molar-refractivity contribution in [3.63, 3.8) is 0 Å². The molecule has 5 rings (SSSR count). The molecular formula is C25H25N9O2S. The van der Waals surface area contributed by atoms with Gasteiger partial charge in [-0.25, -0.2) is 15.0 Å². The second kappa shape index (κ2) is 9.91. The van der Waals surface area contributed by atoms with Crippen LogP contribution in [-0.4, -0.2) is 51.9 Å². The fourth-order valence-corrected chi connectivity index (χ4v) is 3.99. The first-order chi connectivity index (χ1) is 17.8. The lowest BCUT2D eigenvalue weighted by Gasteiger charge is -2.25. The van der Waals surface area contributed by atoms with Gasteiger partial charge in [0.25, 0.3) is 0 Å². The lowest BCUT2D eigenvalue weighted by atomic mass is 10.1. The number of anilines is 3. The predicted octanol–water partition coefficient (Wildman–Crippen LogP) is 3.97. The second-order valence-electron chi connectivity index (χ2n) is 9.11. The van der Waals surface area contributed by atoms with Gasteiger partial charge in [0.05, 0.1) is 17.7 Å². The third-order valence-corrected chi connectivity index (χ3v) is 5.76. The molecule has 0 bridgehead atoms. The summed E-state index contributed by atoms with van der Waals surface area (Å²) in [6.07, 6.45) is 4.71. The van der Waals surface area contributed by atoms with Crippen molar-refractivity contribution in [1.29, 1.82) is 0 Å². The van der Waals surface area contributed by atoms with Crippen LogP contribution >= 0.6 is 12.2 Å². The number of rotatable bonds is 7. The van der Waals surface area contributed by atoms with Crippen molar-refractivity contribution in [2.45, 2.75) is 26.3 Å². The van der Waals surface area contributed by atoms with E-state index < -0.39 is 5.54 Å². The highest BCUT2D eigenvalue weighted by molar-refractivity contribution is 7.80. The van der Waals surface area contributed by atoms with Gasteiger partial charge in [0.1, 0.15) is 30.5 Å². The van der Waals surface area contributed by atoms with Crippen LogP contribution in [0.25, 0.3) is 16.6 Å². The van der Waals surface area contributed by atoms with Gasteiger partial charge in [0.15, 0.2) is 10.8 Å². The van der Waals surface area contributed by atoms with Gasteiger partial charge in [-0.05, 0) is 75.0 Å². The Bertz CT molecular complexity index is 1600. The van der Waals surface area contributed by atoms with E-state index >= 15 is 0 Å². The molecule has 0 saturated heterocycles. The lowest BCUT2D eigenvalue weighted by molar-refractivity contribution is 0.207. The minimum atomic E-state index is -0.538. The maximum Gasteiger partial charge on any atom is 0.224 e. The Labute approximate surface area is 218 Å². The number of aliphatic hydroxyl groups is 1. The number of ether oxygens (including phenoxy) is 1. The molecular weight excluding hydrogens is 490 g/mol. The summed E-state index contributed by atoms with van der Waals surface area (Å²) in [6, 6.07) is 13.2. The van der Waals surface area contributed by atoms with Gasteiger partial charge in [0.2, 0.25) is 5.88 Å². The van der Waals surface area contributed by atoms with Gasteiger partial charge in [-0.3, -0.25) is 4.40 Å². The molecule has 0 aliphatic heterocycles. The number of thiocarbonyl (C=S) groups is 1. The smallest absolute Gasteiger partial charge is 0.224 e. The van der Waals surface area contributed by atoms with E-state index in [2.05, 4.69) is 41.1 Å². The highest BCUT2D eigenvalue weighted by Crippen LogP contribution is 2.30. The molecule has 11 nitrogen and oxygen atoms in total. The summed E-state index contributed by atoms with van der Waals surface area (Å²) in [5, 5.41) is 28.2. The zero-order valence-corrected chi connectivity index (χ0v) is 21.2. The lowest BCUT2D eigenvalue weighted by Crippen LogP contribution is -2.47. The number of aromatic nitrogens is 6. The van der Waals surface area contributed by atoms with Crippen molar-refractivity contribution < 1.29 is 9.84 Å². The van der Waals surface area contributed by atoms with Crippen LogP contribution in [0.5, 0.6) is 11.6 Å². The third-order valence-electron chi connectivity index (χ3n) is 5.56. The number of nitrogens with one attached hydrogen (secondary N) is 3. The number of aliphatic hydroxyl groups excluding tert-OH is 1. The molecule has 3 heterocycles. The van der Waals surface area contributed by atoms with E-state index in [1.807, 2.05) is 57.2 Å². The fraction of sp³-hybridized carbons (Fsp3) is 0.200. The number of fused-ring (bicyclic) bond motifs is 2. The molecule has 0 amide bonds. The zero-order chi connectivity index (χ0) is 26.0. The van der Waals surface area contributed by atoms with E-state index in [9.17, 15) is 5.11 Å². The van der Waals surface area contributed by atoms with Gasteiger partial charge in [0, 0.05) is 22.8 Å². The predicted molar refractivity (Wildman–Crippen MR) is 145 cm³/mol. The molecule has 0 spiro atoms. The van der Waals surface area contributed by atoms with E-state index in [4.69, 9.17) is 17.0 Å². The summed E-state index contributed by atoms with van der Waals surface area (Å²) in [6.45, 7) is 5.63. The Kier molecular flexibility index (Phi) is 6.51. The average molecular weight is 516 g/mol. The molecule has 2 aromatic carbocycles. The van der Waals surface area contributed by atoms with Crippen LogP contribution < -0.4 is 20.7 Å². The van der Waals surface area contributed by atoms with Gasteiger partial charge in [-0.2, -0.15) is 0 Å². The maximum absolute atomic E-state index is 9.48. The minimum Gasteiger partial charge on any atom is -0.439 e. The van der Waals surface area contributed by atoms with Gasteiger partial charge < -0.3 is 25.8 Å². The Morgan fingerprint density at radius 3 is 2.70 bits per heavy atom. The Morgan fingerprint density at radius 1 is 1.05 bits per heavy atom. The number of hydrogen-bond donors (Lipinski definition) is 4. The Balaban J connectivity index is 1.34. The van der Waals surface area contributed by atoms with Gasteiger partial charge in [-0.1, -0.05) is 0 Å². The van der Waals surface area contributed by atoms with Crippen LogP contribution in [0.3, 0.4) is 0 Å².